The van der Waals surface area contributed by atoms with Crippen molar-refractivity contribution in [3.05, 3.63) is 42.5 Å². The van der Waals surface area contributed by atoms with Gasteiger partial charge in [-0.1, -0.05) is 24.8 Å². The average Bonchev–Trinajstić information content (AvgIpc) is 2.44. The lowest BCUT2D eigenvalue weighted by molar-refractivity contribution is -0.141. The maximum atomic E-state index is 12.2. The number of methoxy groups -OCH3 is 1. The highest BCUT2D eigenvalue weighted by molar-refractivity contribution is 5.98. The van der Waals surface area contributed by atoms with Crippen LogP contribution in [0.4, 0.5) is 0 Å². The number of para-hydroxylation sites is 1. The normalized spacial score (nSPS) is 9.58. The Morgan fingerprint density at radius 2 is 2.05 bits per heavy atom. The number of esters is 1. The molecule has 0 aromatic heterocycles. The third kappa shape index (κ3) is 4.13. The molecule has 0 bridgehead atoms. The third-order valence-electron chi connectivity index (χ3n) is 2.41. The number of amides is 1. The second-order valence-electron chi connectivity index (χ2n) is 3.83. The van der Waals surface area contributed by atoms with E-state index in [-0.39, 0.29) is 12.5 Å². The molecular weight excluding hydrogens is 246 g/mol. The number of ether oxygens (including phenoxy) is 2. The first-order valence-corrected chi connectivity index (χ1v) is 5.75. The Kier molecular flexibility index (Phi) is 5.60. The van der Waals surface area contributed by atoms with E-state index in [0.717, 1.165) is 0 Å². The van der Waals surface area contributed by atoms with E-state index >= 15 is 0 Å². The molecule has 0 atom stereocenters. The zero-order valence-electron chi connectivity index (χ0n) is 11.1. The van der Waals surface area contributed by atoms with Gasteiger partial charge in [-0.25, -0.2) is 0 Å². The van der Waals surface area contributed by atoms with Crippen molar-refractivity contribution < 1.29 is 19.1 Å². The number of rotatable bonds is 6. The number of nitrogens with zero attached hydrogens (tertiary/aromatic N) is 1. The molecule has 0 heterocycles. The molecule has 1 aromatic rings. The van der Waals surface area contributed by atoms with Crippen LogP contribution >= 0.6 is 0 Å². The fourth-order valence-electron chi connectivity index (χ4n) is 1.45. The molecule has 0 saturated heterocycles. The Morgan fingerprint density at radius 3 is 2.68 bits per heavy atom. The SMILES string of the molecule is C=CCOc1ccccc1C(=O)N(C)CC(=O)OC. The van der Waals surface area contributed by atoms with E-state index in [1.807, 2.05) is 0 Å². The van der Waals surface area contributed by atoms with Crippen LogP contribution in [0.1, 0.15) is 10.4 Å². The minimum absolute atomic E-state index is 0.106. The van der Waals surface area contributed by atoms with E-state index in [9.17, 15) is 9.59 Å². The van der Waals surface area contributed by atoms with E-state index in [2.05, 4.69) is 11.3 Å². The van der Waals surface area contributed by atoms with Gasteiger partial charge >= 0.3 is 5.97 Å². The molecule has 0 fully saturated rings. The molecule has 19 heavy (non-hydrogen) atoms. The van der Waals surface area contributed by atoms with Crippen LogP contribution in [-0.4, -0.2) is 44.1 Å². The first-order chi connectivity index (χ1) is 9.10. The van der Waals surface area contributed by atoms with Gasteiger partial charge in [0, 0.05) is 7.05 Å². The molecule has 0 saturated carbocycles. The van der Waals surface area contributed by atoms with Gasteiger partial charge in [0.1, 0.15) is 18.9 Å². The Labute approximate surface area is 112 Å². The first-order valence-electron chi connectivity index (χ1n) is 5.75. The summed E-state index contributed by atoms with van der Waals surface area (Å²) in [5.41, 5.74) is 0.399. The van der Waals surface area contributed by atoms with Crippen LogP contribution in [0.25, 0.3) is 0 Å². The van der Waals surface area contributed by atoms with Gasteiger partial charge < -0.3 is 14.4 Å². The molecule has 5 heteroatoms. The lowest BCUT2D eigenvalue weighted by Crippen LogP contribution is -2.32. The number of carbonyl (C=O) groups excluding carboxylic acids is 2. The molecule has 5 nitrogen and oxygen atoms in total. The fourth-order valence-corrected chi connectivity index (χ4v) is 1.45. The summed E-state index contributed by atoms with van der Waals surface area (Å²) >= 11 is 0. The van der Waals surface area contributed by atoms with Crippen molar-refractivity contribution >= 4 is 11.9 Å². The predicted octanol–water partition coefficient (Wildman–Crippen LogP) is 1.50. The molecule has 0 aliphatic carbocycles. The summed E-state index contributed by atoms with van der Waals surface area (Å²) in [5, 5.41) is 0. The molecule has 0 N–H and O–H groups in total. The van der Waals surface area contributed by atoms with Gasteiger partial charge in [0.25, 0.3) is 5.91 Å². The zero-order valence-corrected chi connectivity index (χ0v) is 11.1. The minimum Gasteiger partial charge on any atom is -0.489 e. The third-order valence-corrected chi connectivity index (χ3v) is 2.41. The van der Waals surface area contributed by atoms with E-state index in [0.29, 0.717) is 17.9 Å². The Morgan fingerprint density at radius 1 is 1.37 bits per heavy atom. The molecule has 102 valence electrons. The van der Waals surface area contributed by atoms with Crippen molar-refractivity contribution in [1.82, 2.24) is 4.90 Å². The quantitative estimate of drug-likeness (QED) is 0.576. The zero-order chi connectivity index (χ0) is 14.3. The van der Waals surface area contributed by atoms with Crippen LogP contribution in [0.2, 0.25) is 0 Å². The highest BCUT2D eigenvalue weighted by atomic mass is 16.5. The van der Waals surface area contributed by atoms with Gasteiger partial charge in [0.15, 0.2) is 0 Å². The topological polar surface area (TPSA) is 55.8 Å². The van der Waals surface area contributed by atoms with Gasteiger partial charge in [0.05, 0.1) is 12.7 Å². The molecule has 0 spiro atoms. The Hall–Kier alpha value is -2.30. The van der Waals surface area contributed by atoms with Crippen molar-refractivity contribution in [2.24, 2.45) is 0 Å². The van der Waals surface area contributed by atoms with Crippen molar-refractivity contribution in [1.29, 1.82) is 0 Å². The highest BCUT2D eigenvalue weighted by Crippen LogP contribution is 2.19. The maximum Gasteiger partial charge on any atom is 0.325 e. The van der Waals surface area contributed by atoms with Gasteiger partial charge in [-0.2, -0.15) is 0 Å². The van der Waals surface area contributed by atoms with Crippen LogP contribution in [0.15, 0.2) is 36.9 Å². The molecule has 0 radical (unpaired) electrons. The van der Waals surface area contributed by atoms with Crippen LogP contribution in [-0.2, 0) is 9.53 Å². The van der Waals surface area contributed by atoms with Crippen LogP contribution in [0, 0.1) is 0 Å². The van der Waals surface area contributed by atoms with Crippen LogP contribution < -0.4 is 4.74 Å². The summed E-state index contributed by atoms with van der Waals surface area (Å²) in [4.78, 5) is 24.6. The second-order valence-corrected chi connectivity index (χ2v) is 3.83. The lowest BCUT2D eigenvalue weighted by atomic mass is 10.2. The first kappa shape index (κ1) is 14.8. The molecule has 0 unspecified atom stereocenters. The number of hydrogen-bond donors (Lipinski definition) is 0. The predicted molar refractivity (Wildman–Crippen MR) is 71.1 cm³/mol. The van der Waals surface area contributed by atoms with Crippen molar-refractivity contribution in [2.45, 2.75) is 0 Å². The molecule has 1 aromatic carbocycles. The van der Waals surface area contributed by atoms with E-state index in [4.69, 9.17) is 4.74 Å². The highest BCUT2D eigenvalue weighted by Gasteiger charge is 2.18. The summed E-state index contributed by atoms with van der Waals surface area (Å²) in [5.74, 6) is -0.311. The number of benzene rings is 1. The lowest BCUT2D eigenvalue weighted by Gasteiger charge is -2.17. The molecule has 1 rings (SSSR count). The summed E-state index contributed by atoms with van der Waals surface area (Å²) in [6, 6.07) is 6.85. The smallest absolute Gasteiger partial charge is 0.325 e. The van der Waals surface area contributed by atoms with E-state index < -0.39 is 5.97 Å². The molecule has 0 aliphatic heterocycles. The van der Waals surface area contributed by atoms with E-state index in [1.54, 1.807) is 30.3 Å². The van der Waals surface area contributed by atoms with Gasteiger partial charge in [-0.3, -0.25) is 9.59 Å². The molecule has 1 amide bonds. The van der Waals surface area contributed by atoms with Crippen molar-refractivity contribution in [3.63, 3.8) is 0 Å². The van der Waals surface area contributed by atoms with Crippen LogP contribution in [0.3, 0.4) is 0 Å². The Balaban J connectivity index is 2.86. The second kappa shape index (κ2) is 7.20. The number of carbonyl (C=O) groups is 2. The fraction of sp³-hybridized carbons (Fsp3) is 0.286. The summed E-state index contributed by atoms with van der Waals surface area (Å²) in [6.07, 6.45) is 1.60. The Bertz CT molecular complexity index is 470. The van der Waals surface area contributed by atoms with Crippen molar-refractivity contribution in [3.8, 4) is 5.75 Å². The monoisotopic (exact) mass is 263 g/mol. The number of likely N-dealkylation sites (N-methyl/N-ethyl adjacent to an activating group) is 1. The van der Waals surface area contributed by atoms with Gasteiger partial charge in [-0.15, -0.1) is 0 Å². The van der Waals surface area contributed by atoms with Crippen LogP contribution in [0.5, 0.6) is 5.75 Å². The van der Waals surface area contributed by atoms with Crippen molar-refractivity contribution in [2.75, 3.05) is 27.3 Å². The maximum absolute atomic E-state index is 12.2. The largest absolute Gasteiger partial charge is 0.489 e. The minimum atomic E-state index is -0.472. The standard InChI is InChI=1S/C14H17NO4/c1-4-9-19-12-8-6-5-7-11(12)14(17)15(2)10-13(16)18-3/h4-8H,1,9-10H2,2-3H3. The average molecular weight is 263 g/mol. The molecular formula is C14H17NO4. The summed E-state index contributed by atoms with van der Waals surface area (Å²) in [7, 11) is 2.81. The molecule has 0 aliphatic rings. The number of hydrogen-bond acceptors (Lipinski definition) is 4. The van der Waals surface area contributed by atoms with E-state index in [1.165, 1.54) is 19.1 Å². The van der Waals surface area contributed by atoms with Gasteiger partial charge in [0.2, 0.25) is 0 Å². The summed E-state index contributed by atoms with van der Waals surface area (Å²) in [6.45, 7) is 3.76. The summed E-state index contributed by atoms with van der Waals surface area (Å²) < 4.78 is 9.93. The van der Waals surface area contributed by atoms with Gasteiger partial charge in [-0.05, 0) is 12.1 Å².